The Morgan fingerprint density at radius 2 is 1.39 bits per heavy atom. The number of ether oxygens (including phenoxy) is 1. The maximum Gasteiger partial charge on any atom is 0.160 e. The van der Waals surface area contributed by atoms with Crippen molar-refractivity contribution in [3.8, 4) is 0 Å². The third-order valence-corrected chi connectivity index (χ3v) is 7.56. The van der Waals surface area contributed by atoms with Crippen LogP contribution in [0.25, 0.3) is 0 Å². The number of benzene rings is 2. The Kier molecular flexibility index (Phi) is 5.74. The molecule has 2 fully saturated rings. The fraction of sp³-hybridized carbons (Fsp3) is 0.360. The van der Waals surface area contributed by atoms with Gasteiger partial charge in [0.2, 0.25) is 0 Å². The number of aromatic nitrogens is 2. The van der Waals surface area contributed by atoms with Crippen molar-refractivity contribution in [2.75, 3.05) is 7.11 Å². The van der Waals surface area contributed by atoms with Gasteiger partial charge in [-0.2, -0.15) is 0 Å². The summed E-state index contributed by atoms with van der Waals surface area (Å²) in [6, 6.07) is 18.7. The lowest BCUT2D eigenvalue weighted by Gasteiger charge is -2.48. The van der Waals surface area contributed by atoms with E-state index in [1.807, 2.05) is 42.5 Å². The highest BCUT2D eigenvalue weighted by molar-refractivity contribution is 6.32. The molecule has 2 bridgehead atoms. The highest BCUT2D eigenvalue weighted by Gasteiger charge is 2.53. The van der Waals surface area contributed by atoms with Gasteiger partial charge in [0, 0.05) is 41.6 Å². The van der Waals surface area contributed by atoms with E-state index in [2.05, 4.69) is 27.0 Å². The van der Waals surface area contributed by atoms with E-state index >= 15 is 0 Å². The number of rotatable bonds is 5. The van der Waals surface area contributed by atoms with Crippen LogP contribution in [0.1, 0.15) is 48.7 Å². The topological polar surface area (TPSA) is 38.3 Å². The highest BCUT2D eigenvalue weighted by Crippen LogP contribution is 2.52. The summed E-state index contributed by atoms with van der Waals surface area (Å²) < 4.78 is 6.13. The molecule has 0 spiro atoms. The van der Waals surface area contributed by atoms with Crippen molar-refractivity contribution in [2.24, 2.45) is 0 Å². The third-order valence-electron chi connectivity index (χ3n) is 6.87. The Hall–Kier alpha value is -1.98. The maximum absolute atomic E-state index is 6.72. The van der Waals surface area contributed by atoms with Gasteiger partial charge in [0.1, 0.15) is 5.60 Å². The molecule has 3 heterocycles. The number of hydrogen-bond donors (Lipinski definition) is 0. The smallest absolute Gasteiger partial charge is 0.160 e. The molecule has 2 atom stereocenters. The molecule has 4 nitrogen and oxygen atoms in total. The molecular formula is C25H25Cl2N3O. The summed E-state index contributed by atoms with van der Waals surface area (Å²) in [5.74, 6) is 0.779. The minimum absolute atomic E-state index is 0.00792. The van der Waals surface area contributed by atoms with Crippen LogP contribution in [-0.2, 0) is 10.3 Å². The Balaban J connectivity index is 1.58. The van der Waals surface area contributed by atoms with Crippen LogP contribution in [-0.4, -0.2) is 34.1 Å². The zero-order chi connectivity index (χ0) is 21.4. The SMILES string of the molecule is COC1(c2ncccn2)CC2CCC(C1)N2C(c1ccccc1Cl)c1ccccc1Cl. The Labute approximate surface area is 193 Å². The highest BCUT2D eigenvalue weighted by atomic mass is 35.5. The molecule has 2 saturated heterocycles. The van der Waals surface area contributed by atoms with E-state index in [-0.39, 0.29) is 6.04 Å². The van der Waals surface area contributed by atoms with Crippen molar-refractivity contribution in [2.45, 2.75) is 49.4 Å². The minimum atomic E-state index is -0.463. The molecule has 2 unspecified atom stereocenters. The van der Waals surface area contributed by atoms with Gasteiger partial charge in [-0.3, -0.25) is 4.90 Å². The normalized spacial score (nSPS) is 25.8. The van der Waals surface area contributed by atoms with Gasteiger partial charge in [-0.25, -0.2) is 9.97 Å². The second-order valence-electron chi connectivity index (χ2n) is 8.46. The number of halogens is 2. The van der Waals surface area contributed by atoms with Crippen LogP contribution in [0.15, 0.2) is 67.0 Å². The molecule has 0 saturated carbocycles. The Morgan fingerprint density at radius 3 is 1.87 bits per heavy atom. The van der Waals surface area contributed by atoms with Crippen molar-refractivity contribution in [1.82, 2.24) is 14.9 Å². The molecule has 0 radical (unpaired) electrons. The molecule has 0 amide bonds. The Morgan fingerprint density at radius 1 is 0.871 bits per heavy atom. The molecule has 0 N–H and O–H groups in total. The van der Waals surface area contributed by atoms with E-state index in [1.54, 1.807) is 19.5 Å². The number of methoxy groups -OCH3 is 1. The minimum Gasteiger partial charge on any atom is -0.370 e. The van der Waals surface area contributed by atoms with Crippen molar-refractivity contribution < 1.29 is 4.74 Å². The summed E-state index contributed by atoms with van der Waals surface area (Å²) in [4.78, 5) is 11.7. The van der Waals surface area contributed by atoms with Crippen LogP contribution in [0.4, 0.5) is 0 Å². The van der Waals surface area contributed by atoms with Crippen LogP contribution >= 0.6 is 23.2 Å². The van der Waals surface area contributed by atoms with E-state index in [0.717, 1.165) is 52.7 Å². The first kappa shape index (κ1) is 20.9. The molecule has 160 valence electrons. The summed E-state index contributed by atoms with van der Waals surface area (Å²) in [5, 5.41) is 1.53. The first-order valence-corrected chi connectivity index (χ1v) is 11.5. The van der Waals surface area contributed by atoms with Gasteiger partial charge < -0.3 is 4.74 Å². The zero-order valence-electron chi connectivity index (χ0n) is 17.4. The molecule has 0 aliphatic carbocycles. The number of piperidine rings is 1. The summed E-state index contributed by atoms with van der Waals surface area (Å²) in [6.07, 6.45) is 7.49. The van der Waals surface area contributed by atoms with Gasteiger partial charge in [-0.1, -0.05) is 59.6 Å². The van der Waals surface area contributed by atoms with Crippen molar-refractivity contribution >= 4 is 23.2 Å². The summed E-state index contributed by atoms with van der Waals surface area (Å²) in [5.41, 5.74) is 1.72. The van der Waals surface area contributed by atoms with E-state index in [4.69, 9.17) is 27.9 Å². The lowest BCUT2D eigenvalue weighted by Crippen LogP contribution is -2.52. The predicted molar refractivity (Wildman–Crippen MR) is 123 cm³/mol. The van der Waals surface area contributed by atoms with Crippen LogP contribution in [0.5, 0.6) is 0 Å². The Bertz CT molecular complexity index is 1000. The second kappa shape index (κ2) is 8.51. The lowest BCUT2D eigenvalue weighted by atomic mass is 9.82. The summed E-state index contributed by atoms with van der Waals surface area (Å²) in [7, 11) is 1.78. The number of hydrogen-bond acceptors (Lipinski definition) is 4. The van der Waals surface area contributed by atoms with E-state index in [0.29, 0.717) is 12.1 Å². The van der Waals surface area contributed by atoms with E-state index < -0.39 is 5.60 Å². The van der Waals surface area contributed by atoms with Crippen molar-refractivity contribution in [3.05, 3.63) is 94.0 Å². The molecule has 2 aliphatic heterocycles. The monoisotopic (exact) mass is 453 g/mol. The molecule has 3 aromatic rings. The van der Waals surface area contributed by atoms with Crippen molar-refractivity contribution in [3.63, 3.8) is 0 Å². The first-order chi connectivity index (χ1) is 15.1. The number of fused-ring (bicyclic) bond motifs is 2. The van der Waals surface area contributed by atoms with Gasteiger partial charge in [-0.05, 0) is 55.0 Å². The molecule has 2 aliphatic rings. The lowest BCUT2D eigenvalue weighted by molar-refractivity contribution is -0.0986. The largest absolute Gasteiger partial charge is 0.370 e. The molecule has 1 aromatic heterocycles. The number of nitrogens with zero attached hydrogens (tertiary/aromatic N) is 3. The van der Waals surface area contributed by atoms with Crippen LogP contribution in [0, 0.1) is 0 Å². The average Bonchev–Trinajstić information content (AvgIpc) is 3.06. The molecule has 31 heavy (non-hydrogen) atoms. The predicted octanol–water partition coefficient (Wildman–Crippen LogP) is 6.04. The van der Waals surface area contributed by atoms with E-state index in [9.17, 15) is 0 Å². The van der Waals surface area contributed by atoms with Crippen molar-refractivity contribution in [1.29, 1.82) is 0 Å². The third kappa shape index (κ3) is 3.66. The van der Waals surface area contributed by atoms with Crippen LogP contribution < -0.4 is 0 Å². The molecule has 6 heteroatoms. The van der Waals surface area contributed by atoms with Gasteiger partial charge in [-0.15, -0.1) is 0 Å². The maximum atomic E-state index is 6.72. The van der Waals surface area contributed by atoms with Crippen LogP contribution in [0.2, 0.25) is 10.0 Å². The average molecular weight is 454 g/mol. The second-order valence-corrected chi connectivity index (χ2v) is 9.27. The van der Waals surface area contributed by atoms with Gasteiger partial charge in [0.25, 0.3) is 0 Å². The molecular weight excluding hydrogens is 429 g/mol. The fourth-order valence-electron chi connectivity index (χ4n) is 5.52. The van der Waals surface area contributed by atoms with Gasteiger partial charge in [0.15, 0.2) is 5.82 Å². The standard InChI is InChI=1S/C25H25Cl2N3O/c1-31-25(24-28-13-6-14-29-24)15-17-11-12-18(16-25)30(17)23(19-7-2-4-9-21(19)26)20-8-3-5-10-22(20)27/h2-10,13-14,17-18,23H,11-12,15-16H2,1H3. The fourth-order valence-corrected chi connectivity index (χ4v) is 6.00. The van der Waals surface area contributed by atoms with Gasteiger partial charge in [0.05, 0.1) is 6.04 Å². The van der Waals surface area contributed by atoms with Crippen LogP contribution in [0.3, 0.4) is 0 Å². The van der Waals surface area contributed by atoms with Gasteiger partial charge >= 0.3 is 0 Å². The summed E-state index contributed by atoms with van der Waals surface area (Å²) >= 11 is 13.4. The van der Waals surface area contributed by atoms with E-state index in [1.165, 1.54) is 0 Å². The summed E-state index contributed by atoms with van der Waals surface area (Å²) in [6.45, 7) is 0. The zero-order valence-corrected chi connectivity index (χ0v) is 18.9. The quantitative estimate of drug-likeness (QED) is 0.471. The molecule has 5 rings (SSSR count). The first-order valence-electron chi connectivity index (χ1n) is 10.7. The molecule has 2 aromatic carbocycles.